The fraction of sp³-hybridized carbons (Fsp3) is 0.583. The maximum absolute atomic E-state index is 11.5. The lowest BCUT2D eigenvalue weighted by Gasteiger charge is -2.34. The summed E-state index contributed by atoms with van der Waals surface area (Å²) < 4.78 is 24.4. The smallest absolute Gasteiger partial charge is 0.211 e. The summed E-state index contributed by atoms with van der Waals surface area (Å²) in [6.45, 7) is 4.85. The number of hydrogen-bond acceptors (Lipinski definition) is 5. The third-order valence-corrected chi connectivity index (χ3v) is 4.65. The molecule has 7 heteroatoms. The third kappa shape index (κ3) is 3.23. The van der Waals surface area contributed by atoms with Crippen molar-refractivity contribution < 1.29 is 8.42 Å². The molecule has 0 radical (unpaired) electrons. The number of pyridine rings is 1. The molecule has 106 valence electrons. The second-order valence-corrected chi connectivity index (χ2v) is 6.82. The van der Waals surface area contributed by atoms with Crippen LogP contribution in [0.4, 0.5) is 5.82 Å². The Labute approximate surface area is 114 Å². The summed E-state index contributed by atoms with van der Waals surface area (Å²) >= 11 is 0. The van der Waals surface area contributed by atoms with Crippen LogP contribution in [0.3, 0.4) is 0 Å². The Kier molecular flexibility index (Phi) is 4.07. The Hall–Kier alpha value is -1.18. The van der Waals surface area contributed by atoms with Crippen molar-refractivity contribution in [3.05, 3.63) is 23.4 Å². The van der Waals surface area contributed by atoms with E-state index in [9.17, 15) is 8.42 Å². The molecule has 6 nitrogen and oxygen atoms in total. The van der Waals surface area contributed by atoms with Gasteiger partial charge in [0.05, 0.1) is 6.26 Å². The molecule has 0 bridgehead atoms. The summed E-state index contributed by atoms with van der Waals surface area (Å²) in [6, 6.07) is 2.03. The van der Waals surface area contributed by atoms with Crippen molar-refractivity contribution in [2.45, 2.75) is 13.5 Å². The lowest BCUT2D eigenvalue weighted by atomic mass is 10.2. The number of nitrogens with two attached hydrogens (primary N) is 1. The standard InChI is InChI=1S/C12H20N4O2S/c1-10-7-11(8-13)9-14-12(10)15-3-5-16(6-4-15)19(2,17)18/h7,9H,3-6,8,13H2,1-2H3. The second-order valence-electron chi connectivity index (χ2n) is 4.84. The van der Waals surface area contributed by atoms with Gasteiger partial charge in [0.1, 0.15) is 5.82 Å². The first-order valence-electron chi connectivity index (χ1n) is 6.27. The highest BCUT2D eigenvalue weighted by Gasteiger charge is 2.24. The van der Waals surface area contributed by atoms with Crippen LogP contribution in [0.2, 0.25) is 0 Å². The van der Waals surface area contributed by atoms with E-state index in [0.717, 1.165) is 16.9 Å². The minimum absolute atomic E-state index is 0.482. The van der Waals surface area contributed by atoms with Gasteiger partial charge in [-0.15, -0.1) is 0 Å². The third-order valence-electron chi connectivity index (χ3n) is 3.35. The maximum Gasteiger partial charge on any atom is 0.211 e. The highest BCUT2D eigenvalue weighted by atomic mass is 32.2. The van der Waals surface area contributed by atoms with Crippen LogP contribution in [-0.2, 0) is 16.6 Å². The average molecular weight is 284 g/mol. The molecule has 0 aliphatic carbocycles. The average Bonchev–Trinajstić information content (AvgIpc) is 2.37. The Morgan fingerprint density at radius 3 is 2.42 bits per heavy atom. The van der Waals surface area contributed by atoms with Gasteiger partial charge < -0.3 is 10.6 Å². The van der Waals surface area contributed by atoms with Gasteiger partial charge in [-0.05, 0) is 24.1 Å². The number of nitrogens with zero attached hydrogens (tertiary/aromatic N) is 3. The van der Waals surface area contributed by atoms with Gasteiger partial charge in [-0.25, -0.2) is 13.4 Å². The van der Waals surface area contributed by atoms with E-state index >= 15 is 0 Å². The van der Waals surface area contributed by atoms with Crippen molar-refractivity contribution in [3.8, 4) is 0 Å². The molecule has 0 spiro atoms. The summed E-state index contributed by atoms with van der Waals surface area (Å²) in [5.74, 6) is 0.922. The highest BCUT2D eigenvalue weighted by molar-refractivity contribution is 7.88. The van der Waals surface area contributed by atoms with Gasteiger partial charge >= 0.3 is 0 Å². The number of rotatable bonds is 3. The molecule has 1 saturated heterocycles. The van der Waals surface area contributed by atoms with Crippen molar-refractivity contribution in [1.82, 2.24) is 9.29 Å². The molecule has 0 atom stereocenters. The van der Waals surface area contributed by atoms with Crippen LogP contribution in [0, 0.1) is 6.92 Å². The van der Waals surface area contributed by atoms with Crippen LogP contribution in [0.25, 0.3) is 0 Å². The van der Waals surface area contributed by atoms with E-state index in [1.54, 1.807) is 6.20 Å². The molecule has 1 aromatic heterocycles. The lowest BCUT2D eigenvalue weighted by molar-refractivity contribution is 0.386. The molecule has 0 unspecified atom stereocenters. The molecule has 0 saturated carbocycles. The van der Waals surface area contributed by atoms with Gasteiger partial charge in [-0.1, -0.05) is 0 Å². The van der Waals surface area contributed by atoms with E-state index < -0.39 is 10.0 Å². The fourth-order valence-corrected chi connectivity index (χ4v) is 3.13. The fourth-order valence-electron chi connectivity index (χ4n) is 2.30. The predicted octanol–water partition coefficient (Wildman–Crippen LogP) is -0.0697. The van der Waals surface area contributed by atoms with E-state index in [1.165, 1.54) is 10.6 Å². The largest absolute Gasteiger partial charge is 0.354 e. The van der Waals surface area contributed by atoms with Crippen molar-refractivity contribution >= 4 is 15.8 Å². The number of hydrogen-bond donors (Lipinski definition) is 1. The van der Waals surface area contributed by atoms with E-state index in [-0.39, 0.29) is 0 Å². The summed E-state index contributed by atoms with van der Waals surface area (Å²) in [6.07, 6.45) is 3.04. The van der Waals surface area contributed by atoms with Crippen LogP contribution in [0.15, 0.2) is 12.3 Å². The van der Waals surface area contributed by atoms with Gasteiger partial charge in [0.2, 0.25) is 10.0 Å². The Morgan fingerprint density at radius 2 is 1.95 bits per heavy atom. The van der Waals surface area contributed by atoms with Crippen LogP contribution < -0.4 is 10.6 Å². The summed E-state index contributed by atoms with van der Waals surface area (Å²) in [5, 5.41) is 0. The molecule has 0 aromatic carbocycles. The number of piperazine rings is 1. The molecule has 1 aromatic rings. The van der Waals surface area contributed by atoms with Gasteiger partial charge in [0.15, 0.2) is 0 Å². The van der Waals surface area contributed by atoms with Gasteiger partial charge in [-0.2, -0.15) is 4.31 Å². The van der Waals surface area contributed by atoms with Crippen molar-refractivity contribution in [1.29, 1.82) is 0 Å². The lowest BCUT2D eigenvalue weighted by Crippen LogP contribution is -2.48. The molecular weight excluding hydrogens is 264 g/mol. The number of aryl methyl sites for hydroxylation is 1. The van der Waals surface area contributed by atoms with Crippen LogP contribution in [-0.4, -0.2) is 50.1 Å². The van der Waals surface area contributed by atoms with E-state index in [2.05, 4.69) is 9.88 Å². The van der Waals surface area contributed by atoms with Crippen molar-refractivity contribution in [2.24, 2.45) is 5.73 Å². The second kappa shape index (κ2) is 5.44. The number of sulfonamides is 1. The minimum Gasteiger partial charge on any atom is -0.354 e. The van der Waals surface area contributed by atoms with Gasteiger partial charge in [-0.3, -0.25) is 0 Å². The van der Waals surface area contributed by atoms with Crippen LogP contribution in [0.5, 0.6) is 0 Å². The van der Waals surface area contributed by atoms with Crippen LogP contribution >= 0.6 is 0 Å². The van der Waals surface area contributed by atoms with Crippen molar-refractivity contribution in [3.63, 3.8) is 0 Å². The SMILES string of the molecule is Cc1cc(CN)cnc1N1CCN(S(C)(=O)=O)CC1. The normalized spacial score (nSPS) is 17.7. The Bertz CT molecular complexity index is 551. The number of anilines is 1. The first-order valence-corrected chi connectivity index (χ1v) is 8.12. The number of aromatic nitrogens is 1. The molecule has 2 N–H and O–H groups in total. The van der Waals surface area contributed by atoms with Crippen molar-refractivity contribution in [2.75, 3.05) is 37.3 Å². The first-order chi connectivity index (χ1) is 8.91. The zero-order valence-corrected chi connectivity index (χ0v) is 12.2. The first kappa shape index (κ1) is 14.2. The molecule has 2 heterocycles. The zero-order chi connectivity index (χ0) is 14.0. The molecule has 2 rings (SSSR count). The quantitative estimate of drug-likeness (QED) is 0.840. The molecule has 0 amide bonds. The predicted molar refractivity (Wildman–Crippen MR) is 75.5 cm³/mol. The summed E-state index contributed by atoms with van der Waals surface area (Å²) in [7, 11) is -3.08. The monoisotopic (exact) mass is 284 g/mol. The Morgan fingerprint density at radius 1 is 1.32 bits per heavy atom. The minimum atomic E-state index is -3.08. The van der Waals surface area contributed by atoms with Gasteiger partial charge in [0, 0.05) is 38.9 Å². The summed E-state index contributed by atoms with van der Waals surface area (Å²) in [5.41, 5.74) is 7.68. The van der Waals surface area contributed by atoms with E-state index in [0.29, 0.717) is 32.7 Å². The molecular formula is C12H20N4O2S. The van der Waals surface area contributed by atoms with E-state index in [1.807, 2.05) is 13.0 Å². The molecule has 1 fully saturated rings. The highest BCUT2D eigenvalue weighted by Crippen LogP contribution is 2.20. The summed E-state index contributed by atoms with van der Waals surface area (Å²) in [4.78, 5) is 6.56. The van der Waals surface area contributed by atoms with Gasteiger partial charge in [0.25, 0.3) is 0 Å². The molecule has 19 heavy (non-hydrogen) atoms. The molecule has 1 aliphatic rings. The Balaban J connectivity index is 2.10. The van der Waals surface area contributed by atoms with E-state index in [4.69, 9.17) is 5.73 Å². The topological polar surface area (TPSA) is 79.5 Å². The maximum atomic E-state index is 11.5. The van der Waals surface area contributed by atoms with Crippen LogP contribution in [0.1, 0.15) is 11.1 Å². The zero-order valence-electron chi connectivity index (χ0n) is 11.3. The molecule has 1 aliphatic heterocycles.